The number of phenolic OH excluding ortho intramolecular Hbond substituents is 1. The fourth-order valence-electron chi connectivity index (χ4n) is 2.24. The van der Waals surface area contributed by atoms with Crippen LogP contribution in [0.15, 0.2) is 54.6 Å². The van der Waals surface area contributed by atoms with Gasteiger partial charge in [-0.3, -0.25) is 4.79 Å². The lowest BCUT2D eigenvalue weighted by atomic mass is 10.1. The number of hydrogen-bond donors (Lipinski definition) is 3. The van der Waals surface area contributed by atoms with Crippen LogP contribution in [0.1, 0.15) is 10.4 Å². The Morgan fingerprint density at radius 3 is 2.64 bits per heavy atom. The van der Waals surface area contributed by atoms with Crippen LogP contribution in [0.3, 0.4) is 0 Å². The molecule has 4 N–H and O–H groups in total. The molecule has 0 saturated heterocycles. The van der Waals surface area contributed by atoms with Crippen molar-refractivity contribution in [2.75, 3.05) is 11.1 Å². The van der Waals surface area contributed by atoms with E-state index < -0.39 is 0 Å². The van der Waals surface area contributed by atoms with Crippen molar-refractivity contribution in [3.05, 3.63) is 65.2 Å². The highest BCUT2D eigenvalue weighted by atomic mass is 35.5. The van der Waals surface area contributed by atoms with Crippen molar-refractivity contribution >= 4 is 39.7 Å². The van der Waals surface area contributed by atoms with E-state index in [0.29, 0.717) is 27.3 Å². The molecule has 0 aliphatic rings. The fourth-order valence-corrected chi connectivity index (χ4v) is 2.35. The maximum absolute atomic E-state index is 12.2. The zero-order chi connectivity index (χ0) is 15.7. The molecular weight excluding hydrogens is 300 g/mol. The Kier molecular flexibility index (Phi) is 3.61. The topological polar surface area (TPSA) is 75.4 Å². The fraction of sp³-hybridized carbons (Fsp3) is 0. The third-order valence-electron chi connectivity index (χ3n) is 3.41. The summed E-state index contributed by atoms with van der Waals surface area (Å²) < 4.78 is 0. The van der Waals surface area contributed by atoms with Gasteiger partial charge in [0.15, 0.2) is 0 Å². The van der Waals surface area contributed by atoms with Gasteiger partial charge in [-0.2, -0.15) is 0 Å². The summed E-state index contributed by atoms with van der Waals surface area (Å²) >= 11 is 5.84. The largest absolute Gasteiger partial charge is 0.505 e. The van der Waals surface area contributed by atoms with Crippen molar-refractivity contribution in [2.45, 2.75) is 0 Å². The average molecular weight is 313 g/mol. The molecule has 0 bridgehead atoms. The van der Waals surface area contributed by atoms with Crippen molar-refractivity contribution in [1.29, 1.82) is 0 Å². The van der Waals surface area contributed by atoms with Gasteiger partial charge >= 0.3 is 0 Å². The Hall–Kier alpha value is -2.72. The first-order valence-electron chi connectivity index (χ1n) is 6.63. The van der Waals surface area contributed by atoms with Gasteiger partial charge in [-0.1, -0.05) is 41.9 Å². The Morgan fingerprint density at radius 2 is 1.86 bits per heavy atom. The molecule has 0 spiro atoms. The summed E-state index contributed by atoms with van der Waals surface area (Å²) in [7, 11) is 0. The minimum absolute atomic E-state index is 0.0355. The second-order valence-electron chi connectivity index (χ2n) is 4.87. The van der Waals surface area contributed by atoms with Crippen LogP contribution in [0.2, 0.25) is 5.02 Å². The number of benzene rings is 3. The normalized spacial score (nSPS) is 10.6. The third kappa shape index (κ3) is 2.56. The highest BCUT2D eigenvalue weighted by molar-refractivity contribution is 6.33. The lowest BCUT2D eigenvalue weighted by molar-refractivity contribution is 0.102. The van der Waals surface area contributed by atoms with E-state index in [-0.39, 0.29) is 11.7 Å². The summed E-state index contributed by atoms with van der Waals surface area (Å²) in [5.41, 5.74) is 6.74. The van der Waals surface area contributed by atoms with E-state index in [9.17, 15) is 9.90 Å². The smallest absolute Gasteiger partial charge is 0.255 e. The number of halogens is 1. The molecule has 0 heterocycles. The van der Waals surface area contributed by atoms with E-state index in [4.69, 9.17) is 17.3 Å². The Morgan fingerprint density at radius 1 is 1.09 bits per heavy atom. The Labute approximate surface area is 132 Å². The zero-order valence-corrected chi connectivity index (χ0v) is 12.3. The molecule has 0 atom stereocenters. The van der Waals surface area contributed by atoms with Crippen LogP contribution in [-0.2, 0) is 0 Å². The number of nitrogens with two attached hydrogens (primary N) is 1. The summed E-state index contributed by atoms with van der Waals surface area (Å²) in [6, 6.07) is 15.5. The van der Waals surface area contributed by atoms with Crippen LogP contribution < -0.4 is 11.1 Å². The number of hydrogen-bond acceptors (Lipinski definition) is 3. The first-order chi connectivity index (χ1) is 10.6. The quantitative estimate of drug-likeness (QED) is 0.494. The average Bonchev–Trinajstić information content (AvgIpc) is 2.53. The summed E-state index contributed by atoms with van der Waals surface area (Å²) in [6.07, 6.45) is 0. The molecule has 3 aromatic rings. The van der Waals surface area contributed by atoms with Gasteiger partial charge in [-0.25, -0.2) is 0 Å². The number of nitrogens with one attached hydrogen (secondary N) is 1. The number of carbonyl (C=O) groups is 1. The second kappa shape index (κ2) is 5.58. The number of amides is 1. The van der Waals surface area contributed by atoms with E-state index in [0.717, 1.165) is 5.39 Å². The molecule has 0 aromatic heterocycles. The van der Waals surface area contributed by atoms with E-state index in [1.807, 2.05) is 24.3 Å². The number of phenols is 1. The first-order valence-corrected chi connectivity index (χ1v) is 7.01. The number of fused-ring (bicyclic) bond motifs is 1. The molecule has 0 unspecified atom stereocenters. The number of rotatable bonds is 2. The van der Waals surface area contributed by atoms with Crippen LogP contribution in [-0.4, -0.2) is 11.0 Å². The van der Waals surface area contributed by atoms with Crippen molar-refractivity contribution in [3.8, 4) is 5.75 Å². The Balaban J connectivity index is 1.94. The van der Waals surface area contributed by atoms with Crippen LogP contribution in [0.25, 0.3) is 10.8 Å². The minimum Gasteiger partial charge on any atom is -0.505 e. The van der Waals surface area contributed by atoms with Gasteiger partial charge in [0, 0.05) is 10.9 Å². The van der Waals surface area contributed by atoms with Gasteiger partial charge in [0.25, 0.3) is 5.91 Å². The predicted octanol–water partition coefficient (Wildman–Crippen LogP) is 4.03. The third-order valence-corrected chi connectivity index (χ3v) is 3.75. The minimum atomic E-state index is -0.367. The van der Waals surface area contributed by atoms with E-state index in [1.165, 1.54) is 6.07 Å². The van der Waals surface area contributed by atoms with E-state index >= 15 is 0 Å². The summed E-state index contributed by atoms with van der Waals surface area (Å²) in [4.78, 5) is 12.2. The number of carbonyl (C=O) groups excluding carboxylic acids is 1. The predicted molar refractivity (Wildman–Crippen MR) is 89.4 cm³/mol. The second-order valence-corrected chi connectivity index (χ2v) is 5.28. The molecular formula is C17H13ClN2O2. The summed E-state index contributed by atoms with van der Waals surface area (Å²) in [5.74, 6) is -0.331. The van der Waals surface area contributed by atoms with Crippen LogP contribution in [0, 0.1) is 0 Å². The van der Waals surface area contributed by atoms with Crippen LogP contribution in [0.5, 0.6) is 5.75 Å². The van der Waals surface area contributed by atoms with Gasteiger partial charge in [-0.05, 0) is 29.7 Å². The number of aromatic hydroxyl groups is 1. The zero-order valence-electron chi connectivity index (χ0n) is 11.5. The van der Waals surface area contributed by atoms with Crippen molar-refractivity contribution in [1.82, 2.24) is 0 Å². The summed E-state index contributed by atoms with van der Waals surface area (Å²) in [6.45, 7) is 0. The molecule has 0 saturated carbocycles. The van der Waals surface area contributed by atoms with E-state index in [1.54, 1.807) is 24.3 Å². The van der Waals surface area contributed by atoms with Gasteiger partial charge in [0.05, 0.1) is 16.4 Å². The number of anilines is 2. The molecule has 5 heteroatoms. The maximum atomic E-state index is 12.2. The molecule has 1 amide bonds. The van der Waals surface area contributed by atoms with Gasteiger partial charge in [0.1, 0.15) is 5.75 Å². The molecule has 0 aliphatic carbocycles. The molecule has 3 rings (SSSR count). The lowest BCUT2D eigenvalue weighted by Gasteiger charge is -2.10. The SMILES string of the molecule is Nc1cc(C(=O)Nc2ccc3ccccc3c2O)ccc1Cl. The highest BCUT2D eigenvalue weighted by Crippen LogP contribution is 2.32. The Bertz CT molecular complexity index is 878. The van der Waals surface area contributed by atoms with Crippen LogP contribution >= 0.6 is 11.6 Å². The molecule has 110 valence electrons. The molecule has 22 heavy (non-hydrogen) atoms. The van der Waals surface area contributed by atoms with E-state index in [2.05, 4.69) is 5.32 Å². The highest BCUT2D eigenvalue weighted by Gasteiger charge is 2.12. The molecule has 0 fully saturated rings. The molecule has 4 nitrogen and oxygen atoms in total. The molecule has 0 radical (unpaired) electrons. The lowest BCUT2D eigenvalue weighted by Crippen LogP contribution is -2.12. The summed E-state index contributed by atoms with van der Waals surface area (Å²) in [5, 5.41) is 14.9. The molecule has 3 aromatic carbocycles. The van der Waals surface area contributed by atoms with Gasteiger partial charge < -0.3 is 16.2 Å². The monoisotopic (exact) mass is 312 g/mol. The van der Waals surface area contributed by atoms with Gasteiger partial charge in [-0.15, -0.1) is 0 Å². The van der Waals surface area contributed by atoms with Gasteiger partial charge in [0.2, 0.25) is 0 Å². The maximum Gasteiger partial charge on any atom is 0.255 e. The number of nitrogen functional groups attached to an aromatic ring is 1. The van der Waals surface area contributed by atoms with Crippen molar-refractivity contribution in [3.63, 3.8) is 0 Å². The standard InChI is InChI=1S/C17H13ClN2O2/c18-13-7-5-11(9-14(13)19)17(22)20-15-8-6-10-3-1-2-4-12(10)16(15)21/h1-9,21H,19H2,(H,20,22). The van der Waals surface area contributed by atoms with Crippen molar-refractivity contribution in [2.24, 2.45) is 0 Å². The van der Waals surface area contributed by atoms with Crippen LogP contribution in [0.4, 0.5) is 11.4 Å². The van der Waals surface area contributed by atoms with Crippen molar-refractivity contribution < 1.29 is 9.90 Å². The molecule has 0 aliphatic heterocycles. The first kappa shape index (κ1) is 14.2.